The van der Waals surface area contributed by atoms with Gasteiger partial charge in [0.1, 0.15) is 11.6 Å². The molecule has 0 spiro atoms. The molecular formula is C13H21ClN2O3. The highest BCUT2D eigenvalue weighted by Gasteiger charge is 2.00. The Bertz CT molecular complexity index is 483. The van der Waals surface area contributed by atoms with E-state index in [1.165, 1.54) is 13.8 Å². The van der Waals surface area contributed by atoms with E-state index in [1.54, 1.807) is 0 Å². The first-order valence-electron chi connectivity index (χ1n) is 5.66. The minimum absolute atomic E-state index is 0. The van der Waals surface area contributed by atoms with Crippen LogP contribution < -0.4 is 11.3 Å². The van der Waals surface area contributed by atoms with Crippen LogP contribution in [0.4, 0.5) is 0 Å². The van der Waals surface area contributed by atoms with E-state index in [4.69, 9.17) is 5.73 Å². The number of Topliss-reactive ketones (excluding diaryl/α,β-unsaturated/α-hetero) is 2. The minimum atomic E-state index is -0.0648. The number of nitrogens with one attached hydrogen (secondary N) is 1. The molecule has 1 aromatic rings. The van der Waals surface area contributed by atoms with Gasteiger partial charge in [-0.15, -0.1) is 12.4 Å². The number of ketones is 2. The van der Waals surface area contributed by atoms with Crippen molar-refractivity contribution in [3.05, 3.63) is 33.2 Å². The molecule has 0 aliphatic carbocycles. The average Bonchev–Trinajstić information content (AvgIpc) is 2.14. The first kappa shape index (κ1) is 19.9. The van der Waals surface area contributed by atoms with Gasteiger partial charge in [-0.2, -0.15) is 0 Å². The molecule has 0 radical (unpaired) electrons. The summed E-state index contributed by atoms with van der Waals surface area (Å²) in [6.07, 6.45) is 0.0833. The van der Waals surface area contributed by atoms with Gasteiger partial charge in [-0.05, 0) is 39.3 Å². The van der Waals surface area contributed by atoms with E-state index in [0.717, 1.165) is 11.3 Å². The monoisotopic (exact) mass is 288 g/mol. The standard InChI is InChI=1S/C8H12N2O.C5H8O2.ClH/c1-5-3-6(2)10-8(11)7(5)4-9;1-4(6)3-5(2)7;/h3H,4,9H2,1-2H3,(H,10,11);3H2,1-2H3;1H. The van der Waals surface area contributed by atoms with E-state index in [9.17, 15) is 14.4 Å². The average molecular weight is 289 g/mol. The van der Waals surface area contributed by atoms with Crippen LogP contribution in [0.2, 0.25) is 0 Å². The van der Waals surface area contributed by atoms with Crippen molar-refractivity contribution in [2.45, 2.75) is 40.7 Å². The third-order valence-corrected chi connectivity index (χ3v) is 2.20. The van der Waals surface area contributed by atoms with Gasteiger partial charge in [0.25, 0.3) is 5.56 Å². The predicted octanol–water partition coefficient (Wildman–Crippen LogP) is 1.43. The molecule has 1 aromatic heterocycles. The molecule has 0 bridgehead atoms. The van der Waals surface area contributed by atoms with Gasteiger partial charge in [0.05, 0.1) is 6.42 Å². The second-order valence-electron chi connectivity index (χ2n) is 4.23. The molecule has 1 rings (SSSR count). The summed E-state index contributed by atoms with van der Waals surface area (Å²) < 4.78 is 0. The van der Waals surface area contributed by atoms with Crippen LogP contribution in [0.25, 0.3) is 0 Å². The number of rotatable bonds is 3. The number of aromatic amines is 1. The zero-order valence-corrected chi connectivity index (χ0v) is 12.5. The molecule has 0 fully saturated rings. The molecule has 0 saturated carbocycles. The van der Waals surface area contributed by atoms with Crippen molar-refractivity contribution in [1.82, 2.24) is 4.98 Å². The smallest absolute Gasteiger partial charge is 0.252 e. The van der Waals surface area contributed by atoms with E-state index in [1.807, 2.05) is 19.9 Å². The van der Waals surface area contributed by atoms with E-state index in [-0.39, 0.29) is 36.0 Å². The zero-order chi connectivity index (χ0) is 14.3. The summed E-state index contributed by atoms with van der Waals surface area (Å²) in [7, 11) is 0. The Balaban J connectivity index is 0. The number of hydrogen-bond acceptors (Lipinski definition) is 4. The van der Waals surface area contributed by atoms with Crippen LogP contribution in [0.5, 0.6) is 0 Å². The van der Waals surface area contributed by atoms with Crippen LogP contribution in [0.3, 0.4) is 0 Å². The SMILES string of the molecule is CC(=O)CC(C)=O.Cc1cc(C)c(CN)c(=O)[nH]1.Cl. The highest BCUT2D eigenvalue weighted by Crippen LogP contribution is 2.01. The lowest BCUT2D eigenvalue weighted by Crippen LogP contribution is -2.18. The summed E-state index contributed by atoms with van der Waals surface area (Å²) in [5.74, 6) is -0.125. The summed E-state index contributed by atoms with van der Waals surface area (Å²) in [6, 6.07) is 1.92. The molecule has 5 nitrogen and oxygen atoms in total. The Hall–Kier alpha value is -1.46. The fraction of sp³-hybridized carbons (Fsp3) is 0.462. The summed E-state index contributed by atoms with van der Waals surface area (Å²) in [6.45, 7) is 6.86. The number of aryl methyl sites for hydroxylation is 2. The predicted molar refractivity (Wildman–Crippen MR) is 77.7 cm³/mol. The third kappa shape index (κ3) is 8.29. The van der Waals surface area contributed by atoms with Gasteiger partial charge in [0.15, 0.2) is 0 Å². The lowest BCUT2D eigenvalue weighted by molar-refractivity contribution is -0.124. The van der Waals surface area contributed by atoms with Gasteiger partial charge in [-0.3, -0.25) is 14.4 Å². The van der Waals surface area contributed by atoms with Crippen molar-refractivity contribution in [1.29, 1.82) is 0 Å². The molecule has 0 aliphatic heterocycles. The molecule has 0 aliphatic rings. The molecule has 19 heavy (non-hydrogen) atoms. The lowest BCUT2D eigenvalue weighted by Gasteiger charge is -2.01. The maximum Gasteiger partial charge on any atom is 0.252 e. The van der Waals surface area contributed by atoms with Gasteiger partial charge in [0, 0.05) is 17.8 Å². The number of carbonyl (C=O) groups excluding carboxylic acids is 2. The second kappa shape index (κ2) is 9.47. The van der Waals surface area contributed by atoms with Gasteiger partial charge >= 0.3 is 0 Å². The van der Waals surface area contributed by atoms with Crippen LogP contribution >= 0.6 is 12.4 Å². The molecule has 108 valence electrons. The van der Waals surface area contributed by atoms with Gasteiger partial charge in [-0.1, -0.05) is 0 Å². The Morgan fingerprint density at radius 2 is 1.68 bits per heavy atom. The van der Waals surface area contributed by atoms with Crippen molar-refractivity contribution in [2.24, 2.45) is 5.73 Å². The maximum atomic E-state index is 11.2. The summed E-state index contributed by atoms with van der Waals surface area (Å²) in [4.78, 5) is 33.9. The van der Waals surface area contributed by atoms with Gasteiger partial charge in [-0.25, -0.2) is 0 Å². The van der Waals surface area contributed by atoms with Crippen molar-refractivity contribution in [3.63, 3.8) is 0 Å². The highest BCUT2D eigenvalue weighted by molar-refractivity contribution is 5.96. The number of carbonyl (C=O) groups is 2. The van der Waals surface area contributed by atoms with Crippen LogP contribution in [0, 0.1) is 13.8 Å². The first-order valence-corrected chi connectivity index (χ1v) is 5.66. The number of aromatic nitrogens is 1. The number of H-pyrrole nitrogens is 1. The maximum absolute atomic E-state index is 11.2. The fourth-order valence-corrected chi connectivity index (χ4v) is 1.49. The van der Waals surface area contributed by atoms with Crippen molar-refractivity contribution < 1.29 is 9.59 Å². The van der Waals surface area contributed by atoms with E-state index in [2.05, 4.69) is 4.98 Å². The normalized spacial score (nSPS) is 8.89. The molecule has 0 unspecified atom stereocenters. The molecule has 0 saturated heterocycles. The molecule has 3 N–H and O–H groups in total. The van der Waals surface area contributed by atoms with Crippen LogP contribution in [0.1, 0.15) is 37.1 Å². The topological polar surface area (TPSA) is 93.0 Å². The molecule has 0 amide bonds. The molecule has 6 heteroatoms. The summed E-state index contributed by atoms with van der Waals surface area (Å²) in [5.41, 5.74) is 7.84. The lowest BCUT2D eigenvalue weighted by atomic mass is 10.1. The Kier molecular flexibility index (Phi) is 9.90. The van der Waals surface area contributed by atoms with Crippen LogP contribution in [-0.4, -0.2) is 16.6 Å². The first-order chi connectivity index (χ1) is 8.27. The third-order valence-electron chi connectivity index (χ3n) is 2.20. The Morgan fingerprint density at radius 3 is 1.95 bits per heavy atom. The van der Waals surface area contributed by atoms with Crippen molar-refractivity contribution in [2.75, 3.05) is 0 Å². The Labute approximate surface area is 119 Å². The van der Waals surface area contributed by atoms with Crippen molar-refractivity contribution >= 4 is 24.0 Å². The minimum Gasteiger partial charge on any atom is -0.326 e. The van der Waals surface area contributed by atoms with Crippen LogP contribution in [-0.2, 0) is 16.1 Å². The number of pyridine rings is 1. The van der Waals surface area contributed by atoms with E-state index >= 15 is 0 Å². The quantitative estimate of drug-likeness (QED) is 0.823. The summed E-state index contributed by atoms with van der Waals surface area (Å²) in [5, 5.41) is 0. The van der Waals surface area contributed by atoms with Crippen LogP contribution in [0.15, 0.2) is 10.9 Å². The Morgan fingerprint density at radius 1 is 1.21 bits per heavy atom. The zero-order valence-electron chi connectivity index (χ0n) is 11.7. The second-order valence-corrected chi connectivity index (χ2v) is 4.23. The van der Waals surface area contributed by atoms with E-state index in [0.29, 0.717) is 12.1 Å². The van der Waals surface area contributed by atoms with Crippen molar-refractivity contribution in [3.8, 4) is 0 Å². The highest BCUT2D eigenvalue weighted by atomic mass is 35.5. The largest absolute Gasteiger partial charge is 0.326 e. The summed E-state index contributed by atoms with van der Waals surface area (Å²) >= 11 is 0. The fourth-order valence-electron chi connectivity index (χ4n) is 1.49. The number of nitrogens with two attached hydrogens (primary N) is 1. The molecule has 1 heterocycles. The molecular weight excluding hydrogens is 268 g/mol. The molecule has 0 atom stereocenters. The van der Waals surface area contributed by atoms with Gasteiger partial charge < -0.3 is 10.7 Å². The van der Waals surface area contributed by atoms with Gasteiger partial charge in [0.2, 0.25) is 0 Å². The molecule has 0 aromatic carbocycles. The number of hydrogen-bond donors (Lipinski definition) is 2. The number of halogens is 1. The van der Waals surface area contributed by atoms with E-state index < -0.39 is 0 Å².